The first-order valence-corrected chi connectivity index (χ1v) is 16.7. The normalized spacial score (nSPS) is 12.6. The number of carbonyl (C=O) groups is 3. The molecule has 2 atom stereocenters. The SMILES string of the molecule is C=C(NC(C)(C)C(=O)N[C@H](COCc1ccccc1)C(=O)Nc1cn(C(C(=O)OCC)c2ccc(Oc3ccccc3)cc2)cn1)OC(C)(C)C. The third-order valence-corrected chi connectivity index (χ3v) is 7.30. The maximum Gasteiger partial charge on any atom is 0.333 e. The number of aromatic nitrogens is 2. The van der Waals surface area contributed by atoms with Gasteiger partial charge in [0.25, 0.3) is 5.91 Å². The number of para-hydroxylation sites is 1. The van der Waals surface area contributed by atoms with E-state index in [2.05, 4.69) is 27.5 Å². The van der Waals surface area contributed by atoms with Crippen molar-refractivity contribution >= 4 is 23.6 Å². The fourth-order valence-corrected chi connectivity index (χ4v) is 4.94. The van der Waals surface area contributed by atoms with Crippen LogP contribution in [0.5, 0.6) is 11.5 Å². The fourth-order valence-electron chi connectivity index (χ4n) is 4.94. The van der Waals surface area contributed by atoms with Crippen molar-refractivity contribution in [3.63, 3.8) is 0 Å². The maximum atomic E-state index is 13.7. The number of rotatable bonds is 17. The molecular formula is C39H47N5O7. The van der Waals surface area contributed by atoms with Crippen LogP contribution in [0.2, 0.25) is 0 Å². The Morgan fingerprint density at radius 3 is 2.14 bits per heavy atom. The largest absolute Gasteiger partial charge is 0.474 e. The Morgan fingerprint density at radius 2 is 1.51 bits per heavy atom. The topological polar surface area (TPSA) is 142 Å². The highest BCUT2D eigenvalue weighted by Gasteiger charge is 2.33. The average molecular weight is 698 g/mol. The van der Waals surface area contributed by atoms with Crippen LogP contribution in [0.1, 0.15) is 58.7 Å². The Morgan fingerprint density at radius 1 is 0.882 bits per heavy atom. The number of hydrogen-bond donors (Lipinski definition) is 3. The van der Waals surface area contributed by atoms with E-state index in [0.717, 1.165) is 5.56 Å². The van der Waals surface area contributed by atoms with Crippen molar-refractivity contribution in [1.29, 1.82) is 0 Å². The van der Waals surface area contributed by atoms with E-state index in [4.69, 9.17) is 18.9 Å². The lowest BCUT2D eigenvalue weighted by atomic mass is 10.0. The van der Waals surface area contributed by atoms with Gasteiger partial charge in [0.1, 0.15) is 28.7 Å². The molecular weight excluding hydrogens is 650 g/mol. The second-order valence-corrected chi connectivity index (χ2v) is 13.2. The van der Waals surface area contributed by atoms with Gasteiger partial charge in [0.15, 0.2) is 17.7 Å². The first kappa shape index (κ1) is 38.2. The molecule has 3 N–H and O–H groups in total. The summed E-state index contributed by atoms with van der Waals surface area (Å²) in [5.74, 6) is 0.0828. The van der Waals surface area contributed by atoms with Crippen molar-refractivity contribution < 1.29 is 33.3 Å². The number of esters is 1. The van der Waals surface area contributed by atoms with Crippen LogP contribution in [-0.4, -0.2) is 57.7 Å². The Hall–Kier alpha value is -5.62. The first-order chi connectivity index (χ1) is 24.2. The zero-order valence-corrected chi connectivity index (χ0v) is 30.0. The molecule has 1 heterocycles. The fraction of sp³-hybridized carbons (Fsp3) is 0.333. The number of benzene rings is 3. The molecule has 12 nitrogen and oxygen atoms in total. The molecule has 0 saturated heterocycles. The van der Waals surface area contributed by atoms with E-state index in [-0.39, 0.29) is 31.5 Å². The highest BCUT2D eigenvalue weighted by molar-refractivity contribution is 5.98. The molecule has 1 unspecified atom stereocenters. The van der Waals surface area contributed by atoms with Crippen LogP contribution in [0, 0.1) is 0 Å². The van der Waals surface area contributed by atoms with Gasteiger partial charge in [0.05, 0.1) is 26.1 Å². The molecule has 4 rings (SSSR count). The predicted molar refractivity (Wildman–Crippen MR) is 194 cm³/mol. The van der Waals surface area contributed by atoms with Crippen molar-refractivity contribution in [3.8, 4) is 11.5 Å². The minimum absolute atomic E-state index is 0.133. The zero-order chi connectivity index (χ0) is 37.0. The van der Waals surface area contributed by atoms with Crippen molar-refractivity contribution in [2.24, 2.45) is 0 Å². The van der Waals surface area contributed by atoms with E-state index in [1.165, 1.54) is 12.5 Å². The number of amides is 2. The van der Waals surface area contributed by atoms with Crippen LogP contribution in [0.3, 0.4) is 0 Å². The van der Waals surface area contributed by atoms with Gasteiger partial charge in [-0.15, -0.1) is 0 Å². The highest BCUT2D eigenvalue weighted by atomic mass is 16.5. The third-order valence-electron chi connectivity index (χ3n) is 7.30. The Labute approximate surface area is 299 Å². The Bertz CT molecular complexity index is 1750. The molecule has 4 aromatic rings. The molecule has 0 saturated carbocycles. The summed E-state index contributed by atoms with van der Waals surface area (Å²) in [5.41, 5.74) is -0.198. The molecule has 2 amide bonds. The number of ether oxygens (including phenoxy) is 4. The summed E-state index contributed by atoms with van der Waals surface area (Å²) >= 11 is 0. The quantitative estimate of drug-likeness (QED) is 0.0879. The van der Waals surface area contributed by atoms with E-state index in [1.54, 1.807) is 49.6 Å². The first-order valence-electron chi connectivity index (χ1n) is 16.7. The van der Waals surface area contributed by atoms with Crippen LogP contribution in [0.25, 0.3) is 0 Å². The lowest BCUT2D eigenvalue weighted by Crippen LogP contribution is -2.58. The summed E-state index contributed by atoms with van der Waals surface area (Å²) in [4.78, 5) is 44.7. The Balaban J connectivity index is 1.50. The van der Waals surface area contributed by atoms with Gasteiger partial charge in [-0.25, -0.2) is 9.78 Å². The van der Waals surface area contributed by atoms with Crippen molar-refractivity contribution in [3.05, 3.63) is 121 Å². The molecule has 0 bridgehead atoms. The van der Waals surface area contributed by atoms with E-state index >= 15 is 0 Å². The summed E-state index contributed by atoms with van der Waals surface area (Å²) in [6.07, 6.45) is 2.95. The lowest BCUT2D eigenvalue weighted by molar-refractivity contribution is -0.145. The number of carbonyl (C=O) groups excluding carboxylic acids is 3. The van der Waals surface area contributed by atoms with Gasteiger partial charge < -0.3 is 39.5 Å². The minimum atomic E-state index is -1.20. The summed E-state index contributed by atoms with van der Waals surface area (Å²) in [6.45, 7) is 14.8. The van der Waals surface area contributed by atoms with Crippen molar-refractivity contribution in [2.45, 2.75) is 71.4 Å². The van der Waals surface area contributed by atoms with Gasteiger partial charge in [-0.05, 0) is 83.5 Å². The number of nitrogens with one attached hydrogen (secondary N) is 3. The number of nitrogens with zero attached hydrogens (tertiary/aromatic N) is 2. The predicted octanol–water partition coefficient (Wildman–Crippen LogP) is 6.12. The van der Waals surface area contributed by atoms with E-state index in [9.17, 15) is 14.4 Å². The molecule has 12 heteroatoms. The van der Waals surface area contributed by atoms with E-state index in [0.29, 0.717) is 17.1 Å². The lowest BCUT2D eigenvalue weighted by Gasteiger charge is -2.32. The average Bonchev–Trinajstić information content (AvgIpc) is 3.52. The summed E-state index contributed by atoms with van der Waals surface area (Å²) < 4.78 is 24.5. The molecule has 0 aliphatic heterocycles. The summed E-state index contributed by atoms with van der Waals surface area (Å²) in [7, 11) is 0. The zero-order valence-electron chi connectivity index (χ0n) is 30.0. The molecule has 0 spiro atoms. The minimum Gasteiger partial charge on any atom is -0.474 e. The molecule has 0 fully saturated rings. The van der Waals surface area contributed by atoms with Gasteiger partial charge in [0, 0.05) is 6.20 Å². The van der Waals surface area contributed by atoms with Crippen molar-refractivity contribution in [2.75, 3.05) is 18.5 Å². The van der Waals surface area contributed by atoms with Gasteiger partial charge in [-0.3, -0.25) is 9.59 Å². The molecule has 51 heavy (non-hydrogen) atoms. The smallest absolute Gasteiger partial charge is 0.333 e. The van der Waals surface area contributed by atoms with Gasteiger partial charge in [-0.1, -0.05) is 60.7 Å². The number of anilines is 1. The van der Waals surface area contributed by atoms with Gasteiger partial charge in [-0.2, -0.15) is 0 Å². The number of imidazole rings is 1. The second-order valence-electron chi connectivity index (χ2n) is 13.2. The summed E-state index contributed by atoms with van der Waals surface area (Å²) in [5, 5.41) is 8.53. The Kier molecular flexibility index (Phi) is 13.0. The van der Waals surface area contributed by atoms with Crippen LogP contribution in [0.4, 0.5) is 5.82 Å². The van der Waals surface area contributed by atoms with Crippen LogP contribution < -0.4 is 20.7 Å². The van der Waals surface area contributed by atoms with E-state index < -0.39 is 41.0 Å². The third kappa shape index (κ3) is 11.7. The van der Waals surface area contributed by atoms with Crippen LogP contribution in [-0.2, 0) is 35.2 Å². The molecule has 0 aliphatic rings. The molecule has 0 aliphatic carbocycles. The standard InChI is InChI=1S/C39H47N5O7/c1-8-49-36(46)34(29-19-21-31(22-20-29)50-30-17-13-10-14-18-30)44-23-33(40-26-44)42-35(45)32(25-48-24-28-15-11-9-12-16-28)41-37(47)39(6,7)43-27(2)51-38(3,4)5/h9-23,26,32,34,43H,2,8,24-25H2,1,3-7H3,(H,41,47)(H,42,45)/t32-,34?/m1/s1. The van der Waals surface area contributed by atoms with Gasteiger partial charge in [0.2, 0.25) is 5.91 Å². The molecule has 270 valence electrons. The summed E-state index contributed by atoms with van der Waals surface area (Å²) in [6, 6.07) is 23.9. The molecule has 1 aromatic heterocycles. The van der Waals surface area contributed by atoms with Crippen molar-refractivity contribution in [1.82, 2.24) is 20.2 Å². The van der Waals surface area contributed by atoms with Crippen LogP contribution >= 0.6 is 0 Å². The van der Waals surface area contributed by atoms with E-state index in [1.807, 2.05) is 81.4 Å². The van der Waals surface area contributed by atoms with Gasteiger partial charge >= 0.3 is 5.97 Å². The second kappa shape index (κ2) is 17.3. The van der Waals surface area contributed by atoms with Crippen LogP contribution in [0.15, 0.2) is 110 Å². The molecule has 3 aromatic carbocycles. The highest BCUT2D eigenvalue weighted by Crippen LogP contribution is 2.27. The molecule has 0 radical (unpaired) electrons. The maximum absolute atomic E-state index is 13.7. The number of hydrogen-bond acceptors (Lipinski definition) is 9. The monoisotopic (exact) mass is 697 g/mol.